The minimum absolute atomic E-state index is 0.123. The second-order valence-corrected chi connectivity index (χ2v) is 4.76. The molecule has 0 amide bonds. The van der Waals surface area contributed by atoms with E-state index in [-0.39, 0.29) is 6.04 Å². The molecule has 4 atom stereocenters. The largest absolute Gasteiger partial charge is 0.389 e. The van der Waals surface area contributed by atoms with Crippen LogP contribution < -0.4 is 0 Å². The van der Waals surface area contributed by atoms with Crippen LogP contribution in [0.15, 0.2) is 0 Å². The first-order valence-corrected chi connectivity index (χ1v) is 5.73. The van der Waals surface area contributed by atoms with Crippen molar-refractivity contribution in [3.05, 3.63) is 0 Å². The Labute approximate surface area is 91.5 Å². The van der Waals surface area contributed by atoms with Crippen LogP contribution in [0.5, 0.6) is 0 Å². The molecule has 1 saturated heterocycles. The molecule has 1 rings (SSSR count). The van der Waals surface area contributed by atoms with Gasteiger partial charge in [0.25, 0.3) is 0 Å². The molecule has 0 aromatic rings. The minimum atomic E-state index is -1.23. The van der Waals surface area contributed by atoms with Gasteiger partial charge in [-0.25, -0.2) is 0 Å². The van der Waals surface area contributed by atoms with E-state index < -0.39 is 17.8 Å². The van der Waals surface area contributed by atoms with Crippen LogP contribution in [-0.4, -0.2) is 57.2 Å². The van der Waals surface area contributed by atoms with E-state index in [1.165, 1.54) is 0 Å². The minimum Gasteiger partial charge on any atom is -0.389 e. The molecule has 4 heteroatoms. The van der Waals surface area contributed by atoms with Crippen molar-refractivity contribution in [3.8, 4) is 0 Å². The predicted molar refractivity (Wildman–Crippen MR) is 58.6 cm³/mol. The molecule has 0 aliphatic carbocycles. The van der Waals surface area contributed by atoms with Crippen molar-refractivity contribution in [1.29, 1.82) is 0 Å². The Morgan fingerprint density at radius 2 is 2.00 bits per heavy atom. The predicted octanol–water partition coefficient (Wildman–Crippen LogP) is -0.0366. The van der Waals surface area contributed by atoms with Crippen LogP contribution in [0.1, 0.15) is 33.6 Å². The molecule has 0 aromatic carbocycles. The molecule has 0 spiro atoms. The maximum Gasteiger partial charge on any atom is 0.111 e. The number of β-amino-alcohol motifs (C(OH)–C–C–N with tert-alkyl or cyclic N) is 1. The Kier molecular flexibility index (Phi) is 4.12. The monoisotopic (exact) mass is 217 g/mol. The van der Waals surface area contributed by atoms with Crippen molar-refractivity contribution in [1.82, 2.24) is 4.90 Å². The molecule has 0 bridgehead atoms. The smallest absolute Gasteiger partial charge is 0.111 e. The zero-order chi connectivity index (χ0) is 11.6. The molecule has 1 fully saturated rings. The summed E-state index contributed by atoms with van der Waals surface area (Å²) in [5.41, 5.74) is -1.23. The summed E-state index contributed by atoms with van der Waals surface area (Å²) in [6.45, 7) is 6.89. The van der Waals surface area contributed by atoms with Gasteiger partial charge in [-0.2, -0.15) is 0 Å². The van der Waals surface area contributed by atoms with Gasteiger partial charge in [0.15, 0.2) is 0 Å². The number of piperidine rings is 1. The van der Waals surface area contributed by atoms with Gasteiger partial charge in [0.05, 0.1) is 6.10 Å². The van der Waals surface area contributed by atoms with Gasteiger partial charge in [-0.05, 0) is 26.8 Å². The van der Waals surface area contributed by atoms with Crippen molar-refractivity contribution in [3.63, 3.8) is 0 Å². The standard InChI is InChI=1S/C11H23NO3/c1-4-5-6-12-7-9(13)10(14)11(3,15)8(12)2/h8-10,13-15H,4-7H2,1-3H3/t8-,9-,10+,11-/m1/s1. The van der Waals surface area contributed by atoms with Gasteiger partial charge >= 0.3 is 0 Å². The summed E-state index contributed by atoms with van der Waals surface area (Å²) in [5.74, 6) is 0. The number of nitrogens with zero attached hydrogens (tertiary/aromatic N) is 1. The highest BCUT2D eigenvalue weighted by Crippen LogP contribution is 2.28. The summed E-state index contributed by atoms with van der Waals surface area (Å²) in [6, 6.07) is -0.123. The molecular weight excluding hydrogens is 194 g/mol. The van der Waals surface area contributed by atoms with Gasteiger partial charge in [-0.1, -0.05) is 13.3 Å². The second-order valence-electron chi connectivity index (χ2n) is 4.76. The van der Waals surface area contributed by atoms with E-state index in [0.717, 1.165) is 19.4 Å². The molecule has 0 radical (unpaired) electrons. The van der Waals surface area contributed by atoms with Gasteiger partial charge in [-0.15, -0.1) is 0 Å². The normalized spacial score (nSPS) is 43.2. The van der Waals surface area contributed by atoms with E-state index >= 15 is 0 Å². The number of rotatable bonds is 3. The molecule has 3 N–H and O–H groups in total. The quantitative estimate of drug-likeness (QED) is 0.621. The molecule has 1 aliphatic heterocycles. The van der Waals surface area contributed by atoms with Crippen molar-refractivity contribution in [2.24, 2.45) is 0 Å². The third-order valence-electron chi connectivity index (χ3n) is 3.58. The highest BCUT2D eigenvalue weighted by Gasteiger charge is 2.47. The number of hydrogen-bond acceptors (Lipinski definition) is 4. The summed E-state index contributed by atoms with van der Waals surface area (Å²) in [5, 5.41) is 29.4. The number of unbranched alkanes of at least 4 members (excludes halogenated alkanes) is 1. The van der Waals surface area contributed by atoms with Crippen LogP contribution >= 0.6 is 0 Å². The third-order valence-corrected chi connectivity index (χ3v) is 3.58. The highest BCUT2D eigenvalue weighted by molar-refractivity contribution is 5.01. The molecule has 90 valence electrons. The SMILES string of the molecule is CCCCN1C[C@@H](O)[C@H](O)[C@](C)(O)[C@H]1C. The summed E-state index contributed by atoms with van der Waals surface area (Å²) in [4.78, 5) is 2.04. The van der Waals surface area contributed by atoms with Crippen LogP contribution in [0.2, 0.25) is 0 Å². The van der Waals surface area contributed by atoms with E-state index in [1.54, 1.807) is 6.92 Å². The Morgan fingerprint density at radius 3 is 2.53 bits per heavy atom. The first-order valence-electron chi connectivity index (χ1n) is 5.73. The molecule has 0 aromatic heterocycles. The molecule has 0 unspecified atom stereocenters. The fraction of sp³-hybridized carbons (Fsp3) is 1.00. The Morgan fingerprint density at radius 1 is 1.40 bits per heavy atom. The molecule has 1 aliphatic rings. The van der Waals surface area contributed by atoms with Crippen LogP contribution in [0.25, 0.3) is 0 Å². The molecule has 0 saturated carbocycles. The fourth-order valence-electron chi connectivity index (χ4n) is 2.15. The third kappa shape index (κ3) is 2.50. The number of aliphatic hydroxyl groups is 3. The van der Waals surface area contributed by atoms with Crippen molar-refractivity contribution < 1.29 is 15.3 Å². The maximum absolute atomic E-state index is 10.1. The van der Waals surface area contributed by atoms with Gasteiger partial charge in [0, 0.05) is 12.6 Å². The zero-order valence-corrected chi connectivity index (χ0v) is 9.85. The number of likely N-dealkylation sites (tertiary alicyclic amines) is 1. The van der Waals surface area contributed by atoms with E-state index in [4.69, 9.17) is 0 Å². The average Bonchev–Trinajstić information content (AvgIpc) is 2.19. The first-order chi connectivity index (χ1) is 6.91. The lowest BCUT2D eigenvalue weighted by Gasteiger charge is -2.48. The van der Waals surface area contributed by atoms with Crippen molar-refractivity contribution >= 4 is 0 Å². The highest BCUT2D eigenvalue weighted by atomic mass is 16.4. The summed E-state index contributed by atoms with van der Waals surface area (Å²) in [7, 11) is 0. The summed E-state index contributed by atoms with van der Waals surface area (Å²) in [6.07, 6.45) is 0.228. The lowest BCUT2D eigenvalue weighted by molar-refractivity contribution is -0.186. The van der Waals surface area contributed by atoms with E-state index in [2.05, 4.69) is 6.92 Å². The first kappa shape index (κ1) is 12.9. The number of aliphatic hydroxyl groups excluding tert-OH is 2. The lowest BCUT2D eigenvalue weighted by Crippen LogP contribution is -2.66. The second kappa shape index (κ2) is 4.78. The van der Waals surface area contributed by atoms with E-state index in [1.807, 2.05) is 11.8 Å². The van der Waals surface area contributed by atoms with Crippen LogP contribution in [0.4, 0.5) is 0 Å². The summed E-state index contributed by atoms with van der Waals surface area (Å²) >= 11 is 0. The van der Waals surface area contributed by atoms with Crippen molar-refractivity contribution in [2.75, 3.05) is 13.1 Å². The lowest BCUT2D eigenvalue weighted by atomic mass is 9.83. The molecular formula is C11H23NO3. The molecule has 4 nitrogen and oxygen atoms in total. The Bertz CT molecular complexity index is 208. The van der Waals surface area contributed by atoms with Crippen LogP contribution in [0, 0.1) is 0 Å². The number of hydrogen-bond donors (Lipinski definition) is 3. The van der Waals surface area contributed by atoms with Gasteiger partial charge in [-0.3, -0.25) is 4.90 Å². The van der Waals surface area contributed by atoms with Crippen LogP contribution in [-0.2, 0) is 0 Å². The van der Waals surface area contributed by atoms with Crippen LogP contribution in [0.3, 0.4) is 0 Å². The van der Waals surface area contributed by atoms with Gasteiger partial charge in [0.1, 0.15) is 11.7 Å². The average molecular weight is 217 g/mol. The summed E-state index contributed by atoms with van der Waals surface area (Å²) < 4.78 is 0. The Hall–Kier alpha value is -0.160. The van der Waals surface area contributed by atoms with Gasteiger partial charge < -0.3 is 15.3 Å². The Balaban J connectivity index is 2.68. The molecule has 1 heterocycles. The molecule has 15 heavy (non-hydrogen) atoms. The topological polar surface area (TPSA) is 63.9 Å². The van der Waals surface area contributed by atoms with Crippen molar-refractivity contribution in [2.45, 2.75) is 57.5 Å². The zero-order valence-electron chi connectivity index (χ0n) is 9.85. The van der Waals surface area contributed by atoms with E-state index in [0.29, 0.717) is 6.54 Å². The van der Waals surface area contributed by atoms with E-state index in [9.17, 15) is 15.3 Å². The van der Waals surface area contributed by atoms with Gasteiger partial charge in [0.2, 0.25) is 0 Å². The maximum atomic E-state index is 10.1. The fourth-order valence-corrected chi connectivity index (χ4v) is 2.15.